The number of piperidine rings is 1. The van der Waals surface area contributed by atoms with E-state index in [9.17, 15) is 4.79 Å². The smallest absolute Gasteiger partial charge is 0.269 e. The molecule has 0 aliphatic carbocycles. The van der Waals surface area contributed by atoms with Crippen LogP contribution in [0.15, 0.2) is 29.2 Å². The van der Waals surface area contributed by atoms with E-state index in [4.69, 9.17) is 4.74 Å². The van der Waals surface area contributed by atoms with Crippen molar-refractivity contribution in [3.05, 3.63) is 51.4 Å². The molecule has 0 saturated carbocycles. The highest BCUT2D eigenvalue weighted by Crippen LogP contribution is 2.36. The van der Waals surface area contributed by atoms with Crippen LogP contribution in [-0.2, 0) is 13.1 Å². The first kappa shape index (κ1) is 17.1. The van der Waals surface area contributed by atoms with Crippen LogP contribution in [0.1, 0.15) is 49.3 Å². The highest BCUT2D eigenvalue weighted by Gasteiger charge is 2.27. The maximum absolute atomic E-state index is 12.3. The Morgan fingerprint density at radius 2 is 2.04 bits per heavy atom. The molecule has 0 bridgehead atoms. The van der Waals surface area contributed by atoms with E-state index in [1.54, 1.807) is 6.20 Å². The number of rotatable bonds is 4. The van der Waals surface area contributed by atoms with Gasteiger partial charge in [-0.15, -0.1) is 0 Å². The van der Waals surface area contributed by atoms with Crippen molar-refractivity contribution >= 4 is 5.69 Å². The predicted molar refractivity (Wildman–Crippen MR) is 102 cm³/mol. The summed E-state index contributed by atoms with van der Waals surface area (Å²) in [5, 5.41) is 9.98. The molecule has 4 rings (SSSR count). The average molecular weight is 354 g/mol. The molecule has 0 amide bonds. The third-order valence-electron chi connectivity index (χ3n) is 5.31. The third kappa shape index (κ3) is 3.21. The number of hydrogen-bond acceptors (Lipinski definition) is 5. The molecule has 1 aromatic carbocycles. The number of ether oxygens (including phenoxy) is 1. The van der Waals surface area contributed by atoms with Crippen LogP contribution in [-0.4, -0.2) is 29.4 Å². The zero-order valence-electron chi connectivity index (χ0n) is 15.4. The molecule has 1 saturated heterocycles. The van der Waals surface area contributed by atoms with Crippen LogP contribution in [0.3, 0.4) is 0 Å². The molecule has 0 atom stereocenters. The van der Waals surface area contributed by atoms with Crippen molar-refractivity contribution < 1.29 is 4.74 Å². The molecule has 2 N–H and O–H groups in total. The quantitative estimate of drug-likeness (QED) is 0.883. The molecule has 2 aromatic rings. The van der Waals surface area contributed by atoms with Gasteiger partial charge in [0.25, 0.3) is 5.56 Å². The Morgan fingerprint density at radius 1 is 1.23 bits per heavy atom. The Morgan fingerprint density at radius 3 is 2.81 bits per heavy atom. The van der Waals surface area contributed by atoms with Crippen LogP contribution in [0.5, 0.6) is 5.75 Å². The van der Waals surface area contributed by atoms with Crippen molar-refractivity contribution in [2.75, 3.05) is 18.0 Å². The van der Waals surface area contributed by atoms with E-state index in [0.29, 0.717) is 0 Å². The maximum Gasteiger partial charge on any atom is 0.269 e. The summed E-state index contributed by atoms with van der Waals surface area (Å²) in [6, 6.07) is 6.29. The molecular weight excluding hydrogens is 328 g/mol. The SMILES string of the molecule is CC(C)c1c(N2Cc3cccc(OC4CCNCC4)c3C2)cn[nH]c1=O. The van der Waals surface area contributed by atoms with Gasteiger partial charge in [0.1, 0.15) is 11.9 Å². The van der Waals surface area contributed by atoms with E-state index in [-0.39, 0.29) is 17.6 Å². The fraction of sp³-hybridized carbons (Fsp3) is 0.500. The average Bonchev–Trinajstić information content (AvgIpc) is 3.07. The molecule has 0 spiro atoms. The Kier molecular flexibility index (Phi) is 4.68. The first-order valence-corrected chi connectivity index (χ1v) is 9.44. The largest absolute Gasteiger partial charge is 0.490 e. The van der Waals surface area contributed by atoms with Crippen LogP contribution in [0.4, 0.5) is 5.69 Å². The Balaban J connectivity index is 1.61. The van der Waals surface area contributed by atoms with Gasteiger partial charge in [0.2, 0.25) is 0 Å². The van der Waals surface area contributed by atoms with Crippen molar-refractivity contribution in [2.45, 2.75) is 51.8 Å². The molecule has 6 nitrogen and oxygen atoms in total. The van der Waals surface area contributed by atoms with E-state index in [0.717, 1.165) is 56.0 Å². The van der Waals surface area contributed by atoms with E-state index in [1.165, 1.54) is 11.1 Å². The monoisotopic (exact) mass is 354 g/mol. The minimum absolute atomic E-state index is 0.0976. The van der Waals surface area contributed by atoms with Crippen molar-refractivity contribution in [3.8, 4) is 5.75 Å². The lowest BCUT2D eigenvalue weighted by Gasteiger charge is -2.25. The van der Waals surface area contributed by atoms with Gasteiger partial charge in [-0.2, -0.15) is 5.10 Å². The number of hydrogen-bond donors (Lipinski definition) is 2. The van der Waals surface area contributed by atoms with Gasteiger partial charge >= 0.3 is 0 Å². The molecule has 0 radical (unpaired) electrons. The third-order valence-corrected chi connectivity index (χ3v) is 5.31. The van der Waals surface area contributed by atoms with Crippen molar-refractivity contribution in [2.24, 2.45) is 0 Å². The van der Waals surface area contributed by atoms with Crippen LogP contribution < -0.4 is 20.5 Å². The number of benzene rings is 1. The van der Waals surface area contributed by atoms with Crippen molar-refractivity contribution in [3.63, 3.8) is 0 Å². The van der Waals surface area contributed by atoms with Crippen LogP contribution >= 0.6 is 0 Å². The van der Waals surface area contributed by atoms with Crippen LogP contribution in [0.25, 0.3) is 0 Å². The van der Waals surface area contributed by atoms with Gasteiger partial charge in [0.15, 0.2) is 0 Å². The first-order chi connectivity index (χ1) is 12.6. The summed E-state index contributed by atoms with van der Waals surface area (Å²) in [5.41, 5.74) is 4.13. The van der Waals surface area contributed by atoms with Gasteiger partial charge < -0.3 is 15.0 Å². The summed E-state index contributed by atoms with van der Waals surface area (Å²) in [6.45, 7) is 7.65. The minimum Gasteiger partial charge on any atom is -0.490 e. The van der Waals surface area contributed by atoms with Gasteiger partial charge in [0.05, 0.1) is 11.9 Å². The first-order valence-electron chi connectivity index (χ1n) is 9.44. The van der Waals surface area contributed by atoms with Crippen molar-refractivity contribution in [1.82, 2.24) is 15.5 Å². The Labute approximate surface area is 153 Å². The molecule has 6 heteroatoms. The summed E-state index contributed by atoms with van der Waals surface area (Å²) in [7, 11) is 0. The number of fused-ring (bicyclic) bond motifs is 1. The number of aromatic nitrogens is 2. The van der Waals surface area contributed by atoms with E-state index in [2.05, 4.69) is 38.6 Å². The van der Waals surface area contributed by atoms with Crippen molar-refractivity contribution in [1.29, 1.82) is 0 Å². The van der Waals surface area contributed by atoms with Gasteiger partial charge in [-0.05, 0) is 43.5 Å². The number of nitrogens with zero attached hydrogens (tertiary/aromatic N) is 2. The lowest BCUT2D eigenvalue weighted by molar-refractivity contribution is 0.161. The summed E-state index contributed by atoms with van der Waals surface area (Å²) in [4.78, 5) is 14.5. The van der Waals surface area contributed by atoms with E-state index in [1.807, 2.05) is 13.8 Å². The number of H-pyrrole nitrogens is 1. The zero-order chi connectivity index (χ0) is 18.1. The Hall–Kier alpha value is -2.34. The fourth-order valence-electron chi connectivity index (χ4n) is 3.97. The summed E-state index contributed by atoms with van der Waals surface area (Å²) < 4.78 is 6.33. The molecular formula is C20H26N4O2. The topological polar surface area (TPSA) is 70.2 Å². The zero-order valence-corrected chi connectivity index (χ0v) is 15.4. The molecule has 2 aliphatic heterocycles. The summed E-state index contributed by atoms with van der Waals surface area (Å²) >= 11 is 0. The van der Waals surface area contributed by atoms with E-state index < -0.39 is 0 Å². The molecule has 0 unspecified atom stereocenters. The van der Waals surface area contributed by atoms with Gasteiger partial charge in [-0.25, -0.2) is 5.10 Å². The van der Waals surface area contributed by atoms with Gasteiger partial charge in [0, 0.05) is 24.2 Å². The minimum atomic E-state index is -0.0976. The lowest BCUT2D eigenvalue weighted by Crippen LogP contribution is -2.34. The highest BCUT2D eigenvalue weighted by molar-refractivity contribution is 5.58. The molecule has 138 valence electrons. The Bertz CT molecular complexity index is 840. The maximum atomic E-state index is 12.3. The highest BCUT2D eigenvalue weighted by atomic mass is 16.5. The number of aromatic amines is 1. The molecule has 1 fully saturated rings. The lowest BCUT2D eigenvalue weighted by atomic mass is 10.0. The predicted octanol–water partition coefficient (Wildman–Crippen LogP) is 2.54. The summed E-state index contributed by atoms with van der Waals surface area (Å²) in [5.74, 6) is 1.13. The molecule has 3 heterocycles. The molecule has 2 aliphatic rings. The second-order valence-corrected chi connectivity index (χ2v) is 7.47. The van der Waals surface area contributed by atoms with Gasteiger partial charge in [-0.3, -0.25) is 4.79 Å². The fourth-order valence-corrected chi connectivity index (χ4v) is 3.97. The number of nitrogens with one attached hydrogen (secondary N) is 2. The van der Waals surface area contributed by atoms with Crippen LogP contribution in [0.2, 0.25) is 0 Å². The summed E-state index contributed by atoms with van der Waals surface area (Å²) in [6.07, 6.45) is 4.14. The molecule has 26 heavy (non-hydrogen) atoms. The van der Waals surface area contributed by atoms with E-state index >= 15 is 0 Å². The number of anilines is 1. The second kappa shape index (κ2) is 7.11. The normalized spacial score (nSPS) is 17.6. The van der Waals surface area contributed by atoms with Crippen LogP contribution in [0, 0.1) is 0 Å². The standard InChI is InChI=1S/C20H26N4O2/c1-13(2)19-17(10-22-23-20(19)25)24-11-14-4-3-5-18(16(14)12-24)26-15-6-8-21-9-7-15/h3-5,10,13,15,21H,6-9,11-12H2,1-2H3,(H,23,25). The molecule has 1 aromatic heterocycles. The second-order valence-electron chi connectivity index (χ2n) is 7.47. The van der Waals surface area contributed by atoms with Gasteiger partial charge in [-0.1, -0.05) is 26.0 Å².